The molecule has 1 aliphatic carbocycles. The number of hydrogen-bond acceptors (Lipinski definition) is 8. The van der Waals surface area contributed by atoms with Crippen molar-refractivity contribution in [3.8, 4) is 12.3 Å². The molecule has 2 aliphatic rings. The van der Waals surface area contributed by atoms with Crippen molar-refractivity contribution >= 4 is 32.5 Å². The number of rotatable bonds is 5. The molecule has 2 N–H and O–H groups in total. The number of hydrogen-bond donors (Lipinski definition) is 2. The normalized spacial score (nSPS) is 24.5. The first kappa shape index (κ1) is 23.5. The van der Waals surface area contributed by atoms with E-state index in [2.05, 4.69) is 21.2 Å². The number of ether oxygens (including phenoxy) is 1. The number of terminal acetylenes is 1. The molecule has 1 aromatic carbocycles. The molecular weight excluding hydrogens is 468 g/mol. The summed E-state index contributed by atoms with van der Waals surface area (Å²) in [6, 6.07) is 7.49. The summed E-state index contributed by atoms with van der Waals surface area (Å²) >= 11 is 0. The van der Waals surface area contributed by atoms with Gasteiger partial charge in [0.05, 0.1) is 34.0 Å². The molecule has 0 unspecified atom stereocenters. The molecule has 1 saturated carbocycles. The molecule has 0 amide bonds. The number of nitrogens with one attached hydrogen (secondary N) is 1. The van der Waals surface area contributed by atoms with Crippen LogP contribution in [0, 0.1) is 12.3 Å². The maximum atomic E-state index is 13.2. The Morgan fingerprint density at radius 3 is 2.69 bits per heavy atom. The highest BCUT2D eigenvalue weighted by Gasteiger charge is 2.39. The first-order valence-electron chi connectivity index (χ1n) is 11.5. The summed E-state index contributed by atoms with van der Waals surface area (Å²) in [5.74, 6) is 2.66. The van der Waals surface area contributed by atoms with Crippen LogP contribution in [-0.4, -0.2) is 52.1 Å². The molecule has 0 spiro atoms. The fourth-order valence-corrected chi connectivity index (χ4v) is 6.50. The van der Waals surface area contributed by atoms with Crippen LogP contribution in [0.15, 0.2) is 46.2 Å². The third kappa shape index (κ3) is 4.20. The second-order valence-corrected chi connectivity index (χ2v) is 11.5. The van der Waals surface area contributed by atoms with Gasteiger partial charge in [0.25, 0.3) is 5.56 Å². The first-order valence-corrected chi connectivity index (χ1v) is 13.1. The number of anilines is 2. The molecule has 3 aromatic rings. The topological polar surface area (TPSA) is 123 Å². The number of nitrogens with zero attached hydrogens (tertiary/aromatic N) is 3. The van der Waals surface area contributed by atoms with E-state index in [-0.39, 0.29) is 28.6 Å². The van der Waals surface area contributed by atoms with Gasteiger partial charge >= 0.3 is 0 Å². The number of benzene rings is 1. The van der Waals surface area contributed by atoms with Gasteiger partial charge in [0.1, 0.15) is 5.65 Å². The van der Waals surface area contributed by atoms with Crippen LogP contribution in [0.3, 0.4) is 0 Å². The van der Waals surface area contributed by atoms with E-state index in [1.54, 1.807) is 43.5 Å². The summed E-state index contributed by atoms with van der Waals surface area (Å²) in [5.41, 5.74) is -0.280. The average Bonchev–Trinajstić information content (AvgIpc) is 3.49. The lowest BCUT2D eigenvalue weighted by Gasteiger charge is -2.28. The van der Waals surface area contributed by atoms with Gasteiger partial charge in [-0.25, -0.2) is 13.4 Å². The van der Waals surface area contributed by atoms with E-state index >= 15 is 0 Å². The highest BCUT2D eigenvalue weighted by atomic mass is 32.2. The Labute approximate surface area is 203 Å². The maximum absolute atomic E-state index is 13.2. The van der Waals surface area contributed by atoms with E-state index in [0.29, 0.717) is 42.6 Å². The molecule has 3 atom stereocenters. The van der Waals surface area contributed by atoms with Crippen LogP contribution >= 0.6 is 0 Å². The molecule has 2 fully saturated rings. The van der Waals surface area contributed by atoms with E-state index in [0.717, 1.165) is 6.42 Å². The highest BCUT2D eigenvalue weighted by Crippen LogP contribution is 2.39. The Balaban J connectivity index is 1.50. The minimum Gasteiger partial charge on any atom is -0.388 e. The van der Waals surface area contributed by atoms with E-state index in [1.165, 1.54) is 4.57 Å². The largest absolute Gasteiger partial charge is 0.388 e. The quantitative estimate of drug-likeness (QED) is 0.519. The van der Waals surface area contributed by atoms with Crippen LogP contribution < -0.4 is 10.9 Å². The van der Waals surface area contributed by atoms with Crippen molar-refractivity contribution in [1.29, 1.82) is 0 Å². The molecule has 1 saturated heterocycles. The van der Waals surface area contributed by atoms with Crippen molar-refractivity contribution in [3.63, 3.8) is 0 Å². The minimum absolute atomic E-state index is 0.189. The second kappa shape index (κ2) is 8.75. The van der Waals surface area contributed by atoms with E-state index in [4.69, 9.17) is 11.2 Å². The van der Waals surface area contributed by atoms with E-state index in [9.17, 15) is 18.3 Å². The van der Waals surface area contributed by atoms with Crippen LogP contribution in [0.1, 0.15) is 44.2 Å². The molecular formula is C25H26N4O5S. The average molecular weight is 495 g/mol. The summed E-state index contributed by atoms with van der Waals surface area (Å²) in [5, 5.41) is 14.0. The molecule has 3 heterocycles. The second-order valence-electron chi connectivity index (χ2n) is 9.30. The standard InChI is InChI=1S/C25H26N4O5S/c1-3-16-13-17-14-26-24(28-22(17)29(23(16)30)21-5-4-11-25(21,2)31)27-18-6-8-19(9-7-18)35(32,33)20-10-12-34-15-20/h1,6-9,13-14,20-21,31H,4-5,10-12,15H2,2H3,(H,26,27,28)/t20-,21+,25+/m0/s1. The van der Waals surface area contributed by atoms with Crippen LogP contribution in [0.2, 0.25) is 0 Å². The molecule has 35 heavy (non-hydrogen) atoms. The number of sulfone groups is 1. The Hall–Kier alpha value is -3.26. The molecule has 2 aromatic heterocycles. The lowest BCUT2D eigenvalue weighted by Crippen LogP contribution is -2.38. The van der Waals surface area contributed by atoms with Gasteiger partial charge in [-0.15, -0.1) is 6.42 Å². The van der Waals surface area contributed by atoms with Crippen molar-refractivity contribution in [3.05, 3.63) is 52.4 Å². The molecule has 5 rings (SSSR count). The van der Waals surface area contributed by atoms with E-state index in [1.807, 2.05) is 0 Å². The van der Waals surface area contributed by atoms with Crippen LogP contribution in [0.5, 0.6) is 0 Å². The molecule has 0 radical (unpaired) electrons. The molecule has 182 valence electrons. The van der Waals surface area contributed by atoms with Gasteiger partial charge in [-0.1, -0.05) is 5.92 Å². The summed E-state index contributed by atoms with van der Waals surface area (Å²) in [6.07, 6.45) is 9.61. The van der Waals surface area contributed by atoms with Gasteiger partial charge in [0.2, 0.25) is 5.95 Å². The summed E-state index contributed by atoms with van der Waals surface area (Å²) < 4.78 is 32.2. The lowest BCUT2D eigenvalue weighted by atomic mass is 9.99. The Morgan fingerprint density at radius 1 is 1.29 bits per heavy atom. The van der Waals surface area contributed by atoms with Gasteiger partial charge in [-0.05, 0) is 62.9 Å². The van der Waals surface area contributed by atoms with Gasteiger partial charge < -0.3 is 15.2 Å². The van der Waals surface area contributed by atoms with Crippen molar-refractivity contribution in [2.45, 2.75) is 54.4 Å². The zero-order valence-corrected chi connectivity index (χ0v) is 20.1. The van der Waals surface area contributed by atoms with Crippen molar-refractivity contribution in [2.75, 3.05) is 18.5 Å². The predicted octanol–water partition coefficient (Wildman–Crippen LogP) is 2.56. The van der Waals surface area contributed by atoms with Crippen molar-refractivity contribution in [2.24, 2.45) is 0 Å². The van der Waals surface area contributed by atoms with Crippen molar-refractivity contribution < 1.29 is 18.3 Å². The number of pyridine rings is 1. The summed E-state index contributed by atoms with van der Waals surface area (Å²) in [4.78, 5) is 22.3. The van der Waals surface area contributed by atoms with E-state index < -0.39 is 26.7 Å². The van der Waals surface area contributed by atoms with Gasteiger partial charge in [-0.2, -0.15) is 4.98 Å². The van der Waals surface area contributed by atoms with Gasteiger partial charge in [0, 0.05) is 23.9 Å². The monoisotopic (exact) mass is 494 g/mol. The molecule has 10 heteroatoms. The zero-order chi connectivity index (χ0) is 24.8. The summed E-state index contributed by atoms with van der Waals surface area (Å²) in [6.45, 7) is 2.39. The Kier molecular flexibility index (Phi) is 5.87. The first-order chi connectivity index (χ1) is 16.7. The smallest absolute Gasteiger partial charge is 0.268 e. The lowest BCUT2D eigenvalue weighted by molar-refractivity contribution is 0.0266. The number of aromatic nitrogens is 3. The Morgan fingerprint density at radius 2 is 2.06 bits per heavy atom. The molecule has 0 bridgehead atoms. The maximum Gasteiger partial charge on any atom is 0.268 e. The van der Waals surface area contributed by atoms with Gasteiger partial charge in [-0.3, -0.25) is 9.36 Å². The van der Waals surface area contributed by atoms with Crippen molar-refractivity contribution in [1.82, 2.24) is 14.5 Å². The fraction of sp³-hybridized carbons (Fsp3) is 0.400. The van der Waals surface area contributed by atoms with Gasteiger partial charge in [0.15, 0.2) is 9.84 Å². The summed E-state index contributed by atoms with van der Waals surface area (Å²) in [7, 11) is -3.46. The third-order valence-electron chi connectivity index (χ3n) is 6.88. The van der Waals surface area contributed by atoms with Crippen LogP contribution in [0.25, 0.3) is 11.0 Å². The SMILES string of the molecule is C#Cc1cc2cnc(Nc3ccc(S(=O)(=O)[C@H]4CCOC4)cc3)nc2n([C@@H]2CCC[C@@]2(C)O)c1=O. The molecule has 9 nitrogen and oxygen atoms in total. The number of aliphatic hydroxyl groups is 1. The van der Waals surface area contributed by atoms with Crippen LogP contribution in [0.4, 0.5) is 11.6 Å². The zero-order valence-electron chi connectivity index (χ0n) is 19.3. The fourth-order valence-electron chi connectivity index (χ4n) is 4.92. The minimum atomic E-state index is -3.46. The number of fused-ring (bicyclic) bond motifs is 1. The highest BCUT2D eigenvalue weighted by molar-refractivity contribution is 7.92. The predicted molar refractivity (Wildman–Crippen MR) is 131 cm³/mol. The Bertz CT molecular complexity index is 1480. The van der Waals surface area contributed by atoms with Crippen LogP contribution in [-0.2, 0) is 14.6 Å². The third-order valence-corrected chi connectivity index (χ3v) is 9.06. The molecule has 1 aliphatic heterocycles.